The highest BCUT2D eigenvalue weighted by Crippen LogP contribution is 2.43. The maximum atomic E-state index is 7.76. The number of fused-ring (bicyclic) bond motifs is 1. The van der Waals surface area contributed by atoms with Gasteiger partial charge in [0.05, 0.1) is 10.0 Å². The van der Waals surface area contributed by atoms with Crippen molar-refractivity contribution >= 4 is 23.2 Å². The molecule has 1 aliphatic rings. The van der Waals surface area contributed by atoms with Crippen molar-refractivity contribution in [2.75, 3.05) is 14.0 Å². The Morgan fingerprint density at radius 3 is 2.48 bits per heavy atom. The van der Waals surface area contributed by atoms with Crippen LogP contribution in [-0.2, 0) is 0 Å². The van der Waals surface area contributed by atoms with Gasteiger partial charge in [0.1, 0.15) is 0 Å². The summed E-state index contributed by atoms with van der Waals surface area (Å²) in [5.41, 5.74) is 2.63. The third kappa shape index (κ3) is 2.83. The van der Waals surface area contributed by atoms with Crippen LogP contribution < -0.4 is 0 Å². The van der Waals surface area contributed by atoms with Crippen LogP contribution in [0.2, 0.25) is 10.0 Å². The van der Waals surface area contributed by atoms with E-state index < -0.39 is 20.0 Å². The van der Waals surface area contributed by atoms with E-state index in [1.165, 1.54) is 0 Å². The lowest BCUT2D eigenvalue weighted by Crippen LogP contribution is -2.26. The van der Waals surface area contributed by atoms with Crippen molar-refractivity contribution in [3.63, 3.8) is 0 Å². The first-order valence-electron chi connectivity index (χ1n) is 9.83. The molecule has 0 N–H and O–H groups in total. The lowest BCUT2D eigenvalue weighted by atomic mass is 9.76. The molecule has 0 aromatic heterocycles. The van der Waals surface area contributed by atoms with E-state index in [1.807, 2.05) is 30.3 Å². The zero-order valence-electron chi connectivity index (χ0n) is 17.3. The van der Waals surface area contributed by atoms with Gasteiger partial charge < -0.3 is 4.90 Å². The Morgan fingerprint density at radius 1 is 1.00 bits per heavy atom. The molecule has 1 nitrogen and oxygen atoms in total. The summed E-state index contributed by atoms with van der Waals surface area (Å²) in [6.07, 6.45) is 1.03. The molecule has 0 radical (unpaired) electrons. The number of hydrogen-bond acceptors (Lipinski definition) is 1. The van der Waals surface area contributed by atoms with Crippen LogP contribution in [0.5, 0.6) is 0 Å². The van der Waals surface area contributed by atoms with E-state index in [1.54, 1.807) is 12.1 Å². The Balaban J connectivity index is 2.07. The molecule has 2 aromatic carbocycles. The molecule has 0 heterocycles. The van der Waals surface area contributed by atoms with E-state index >= 15 is 0 Å². The van der Waals surface area contributed by atoms with Gasteiger partial charge in [-0.2, -0.15) is 0 Å². The largest absolute Gasteiger partial charge is 0.302 e. The Bertz CT molecular complexity index is 819. The number of rotatable bonds is 2. The molecule has 110 valence electrons. The normalized spacial score (nSPS) is 26.8. The van der Waals surface area contributed by atoms with Crippen molar-refractivity contribution in [1.82, 2.24) is 4.90 Å². The molecule has 3 heteroatoms. The smallest absolute Gasteiger partial charge is 0.0595 e. The van der Waals surface area contributed by atoms with Crippen LogP contribution in [0.3, 0.4) is 0 Å². The van der Waals surface area contributed by atoms with Gasteiger partial charge in [0.25, 0.3) is 0 Å². The molecule has 0 fully saturated rings. The first-order valence-corrected chi connectivity index (χ1v) is 7.59. The third-order valence-electron chi connectivity index (χ3n) is 4.12. The highest BCUT2D eigenvalue weighted by molar-refractivity contribution is 6.42. The summed E-state index contributed by atoms with van der Waals surface area (Å²) in [6.45, 7) is -5.45. The third-order valence-corrected chi connectivity index (χ3v) is 4.86. The number of nitrogens with zero attached hydrogens (tertiary/aromatic N) is 1. The predicted molar refractivity (Wildman–Crippen MR) is 90.4 cm³/mol. The van der Waals surface area contributed by atoms with Crippen molar-refractivity contribution < 1.29 is 8.22 Å². The van der Waals surface area contributed by atoms with Crippen LogP contribution in [-0.4, -0.2) is 18.9 Å². The fourth-order valence-corrected chi connectivity index (χ4v) is 3.42. The van der Waals surface area contributed by atoms with Crippen LogP contribution in [0.25, 0.3) is 0 Å². The quantitative estimate of drug-likeness (QED) is 0.702. The summed E-state index contributed by atoms with van der Waals surface area (Å²) < 4.78 is 46.5. The number of hydrogen-bond donors (Lipinski definition) is 0. The first-order chi connectivity index (χ1) is 12.5. The zero-order chi connectivity index (χ0) is 20.0. The summed E-state index contributed by atoms with van der Waals surface area (Å²) >= 11 is 12.2. The van der Waals surface area contributed by atoms with Gasteiger partial charge >= 0.3 is 0 Å². The van der Waals surface area contributed by atoms with E-state index in [4.69, 9.17) is 31.4 Å². The van der Waals surface area contributed by atoms with Crippen LogP contribution in [0.4, 0.5) is 0 Å². The van der Waals surface area contributed by atoms with Crippen LogP contribution >= 0.6 is 23.2 Å². The molecule has 2 aromatic rings. The minimum atomic E-state index is -2.72. The second kappa shape index (κ2) is 6.00. The van der Waals surface area contributed by atoms with E-state index in [0.29, 0.717) is 27.8 Å². The Morgan fingerprint density at radius 2 is 1.76 bits per heavy atom. The molecule has 2 atom stereocenters. The van der Waals surface area contributed by atoms with Crippen LogP contribution in [0.15, 0.2) is 42.5 Å². The molecule has 0 amide bonds. The second-order valence-electron chi connectivity index (χ2n) is 5.32. The summed E-state index contributed by atoms with van der Waals surface area (Å²) in [5, 5.41) is 0.929. The van der Waals surface area contributed by atoms with Crippen LogP contribution in [0.1, 0.15) is 49.7 Å². The maximum Gasteiger partial charge on any atom is 0.0595 e. The lowest BCUT2D eigenvalue weighted by molar-refractivity contribution is 0.263. The first kappa shape index (κ1) is 9.19. The van der Waals surface area contributed by atoms with Gasteiger partial charge in [0.15, 0.2) is 0 Å². The molecule has 3 rings (SSSR count). The summed E-state index contributed by atoms with van der Waals surface area (Å²) in [4.78, 5) is 0.684. The fourth-order valence-electron chi connectivity index (χ4n) is 3.11. The molecule has 0 aliphatic heterocycles. The van der Waals surface area contributed by atoms with Gasteiger partial charge in [-0.1, -0.05) is 53.5 Å². The predicted octanol–water partition coefficient (Wildman–Crippen LogP) is 5.52. The Labute approximate surface area is 144 Å². The van der Waals surface area contributed by atoms with Gasteiger partial charge in [-0.15, -0.1) is 0 Å². The molecule has 0 spiro atoms. The number of benzene rings is 2. The average molecular weight is 326 g/mol. The van der Waals surface area contributed by atoms with E-state index in [-0.39, 0.29) is 5.92 Å². The van der Waals surface area contributed by atoms with Crippen molar-refractivity contribution in [2.24, 2.45) is 0 Å². The van der Waals surface area contributed by atoms with E-state index in [2.05, 4.69) is 0 Å². The topological polar surface area (TPSA) is 3.24 Å². The molecular formula is C18H19Cl2N. The van der Waals surface area contributed by atoms with E-state index in [0.717, 1.165) is 16.7 Å². The molecule has 21 heavy (non-hydrogen) atoms. The standard InChI is InChI=1S/C18H19Cl2N/c1-21(2)18-10-8-13(14-5-3-4-6-15(14)18)12-7-9-16(19)17(20)11-12/h3-7,9,11,13,18H,8,10H2,1-2H3/t13-,18+/m0/s1/i1D3,2D3. The zero-order valence-corrected chi connectivity index (χ0v) is 12.8. The SMILES string of the molecule is [2H]C([2H])([2H])N([C@@H]1CC[C@@H](c2ccc(Cl)c(Cl)c2)c2ccccc21)C([2H])([2H])[2H]. The molecule has 0 unspecified atom stereocenters. The van der Waals surface area contributed by atoms with Crippen molar-refractivity contribution in [2.45, 2.75) is 24.8 Å². The number of halogens is 2. The van der Waals surface area contributed by atoms with E-state index in [9.17, 15) is 0 Å². The summed E-state index contributed by atoms with van der Waals surface area (Å²) in [6, 6.07) is 12.2. The monoisotopic (exact) mass is 325 g/mol. The highest BCUT2D eigenvalue weighted by Gasteiger charge is 2.29. The Kier molecular flexibility index (Phi) is 2.63. The highest BCUT2D eigenvalue weighted by atomic mass is 35.5. The molecule has 0 saturated heterocycles. The average Bonchev–Trinajstić information content (AvgIpc) is 2.55. The Hall–Kier alpha value is -1.02. The summed E-state index contributed by atoms with van der Waals surface area (Å²) in [5.74, 6) is 0.00210. The van der Waals surface area contributed by atoms with Gasteiger partial charge in [-0.05, 0) is 55.6 Å². The fraction of sp³-hybridized carbons (Fsp3) is 0.333. The van der Waals surface area contributed by atoms with Crippen molar-refractivity contribution in [1.29, 1.82) is 0 Å². The minimum Gasteiger partial charge on any atom is -0.302 e. The lowest BCUT2D eigenvalue weighted by Gasteiger charge is -2.35. The van der Waals surface area contributed by atoms with Gasteiger partial charge in [0, 0.05) is 20.2 Å². The van der Waals surface area contributed by atoms with Crippen LogP contribution in [0, 0.1) is 0 Å². The van der Waals surface area contributed by atoms with Gasteiger partial charge in [0.2, 0.25) is 0 Å². The van der Waals surface area contributed by atoms with Gasteiger partial charge in [-0.3, -0.25) is 0 Å². The molecular weight excluding hydrogens is 301 g/mol. The molecule has 0 bridgehead atoms. The van der Waals surface area contributed by atoms with Crippen molar-refractivity contribution in [3.05, 3.63) is 69.2 Å². The second-order valence-corrected chi connectivity index (χ2v) is 6.13. The maximum absolute atomic E-state index is 7.76. The van der Waals surface area contributed by atoms with Gasteiger partial charge in [-0.25, -0.2) is 0 Å². The van der Waals surface area contributed by atoms with Crippen molar-refractivity contribution in [3.8, 4) is 0 Å². The summed E-state index contributed by atoms with van der Waals surface area (Å²) in [7, 11) is 0. The minimum absolute atomic E-state index is 0.00210. The molecule has 0 saturated carbocycles. The molecule has 1 aliphatic carbocycles.